The van der Waals surface area contributed by atoms with Crippen molar-refractivity contribution >= 4 is 11.8 Å². The number of Topliss-reactive ketones (excluding diaryl/α,β-unsaturated/α-hetero) is 1. The highest BCUT2D eigenvalue weighted by Gasteiger charge is 2.37. The molecule has 0 fully saturated rings. The molecule has 0 radical (unpaired) electrons. The second-order valence-electron chi connectivity index (χ2n) is 5.74. The first-order valence-electron chi connectivity index (χ1n) is 7.31. The van der Waals surface area contributed by atoms with Gasteiger partial charge >= 0.3 is 5.97 Å². The number of carbonyl (C=O) groups is 2. The fraction of sp³-hybridized carbons (Fsp3) is 0.529. The lowest BCUT2D eigenvalue weighted by molar-refractivity contribution is -0.158. The fourth-order valence-electron chi connectivity index (χ4n) is 1.91. The van der Waals surface area contributed by atoms with Crippen molar-refractivity contribution in [1.29, 1.82) is 0 Å². The summed E-state index contributed by atoms with van der Waals surface area (Å²) < 4.78 is 4.96. The Bertz CT molecular complexity index is 468. The zero-order chi connectivity index (χ0) is 15.9. The first-order valence-corrected chi connectivity index (χ1v) is 7.31. The Morgan fingerprint density at radius 1 is 1.19 bits per heavy atom. The van der Waals surface area contributed by atoms with Crippen molar-refractivity contribution in [2.75, 3.05) is 26.7 Å². The van der Waals surface area contributed by atoms with Crippen LogP contribution >= 0.6 is 0 Å². The molecule has 116 valence electrons. The summed E-state index contributed by atoms with van der Waals surface area (Å²) in [6, 6.07) is 10.1. The number of benzene rings is 1. The van der Waals surface area contributed by atoms with Crippen molar-refractivity contribution in [3.63, 3.8) is 0 Å². The number of ketones is 1. The van der Waals surface area contributed by atoms with E-state index in [4.69, 9.17) is 4.74 Å². The van der Waals surface area contributed by atoms with Gasteiger partial charge in [0.1, 0.15) is 5.41 Å². The van der Waals surface area contributed by atoms with Crippen molar-refractivity contribution in [2.24, 2.45) is 5.41 Å². The summed E-state index contributed by atoms with van der Waals surface area (Å²) in [5.41, 5.74) is 0.151. The molecule has 1 rings (SSSR count). The van der Waals surface area contributed by atoms with Crippen LogP contribution in [0.5, 0.6) is 0 Å². The van der Waals surface area contributed by atoms with Gasteiger partial charge in [0.2, 0.25) is 0 Å². The van der Waals surface area contributed by atoms with Gasteiger partial charge in [0.25, 0.3) is 0 Å². The van der Waals surface area contributed by atoms with Crippen molar-refractivity contribution in [1.82, 2.24) is 4.90 Å². The normalized spacial score (nSPS) is 11.5. The van der Waals surface area contributed by atoms with Gasteiger partial charge in [-0.2, -0.15) is 0 Å². The highest BCUT2D eigenvalue weighted by Crippen LogP contribution is 2.19. The van der Waals surface area contributed by atoms with Crippen LogP contribution in [0.3, 0.4) is 0 Å². The first-order chi connectivity index (χ1) is 9.87. The highest BCUT2D eigenvalue weighted by atomic mass is 16.5. The topological polar surface area (TPSA) is 46.6 Å². The van der Waals surface area contributed by atoms with Crippen LogP contribution in [0.15, 0.2) is 30.3 Å². The lowest BCUT2D eigenvalue weighted by Crippen LogP contribution is -2.41. The highest BCUT2D eigenvalue weighted by molar-refractivity contribution is 6.03. The minimum absolute atomic E-state index is 0.114. The Kier molecular flexibility index (Phi) is 6.56. The molecule has 21 heavy (non-hydrogen) atoms. The van der Waals surface area contributed by atoms with Gasteiger partial charge < -0.3 is 4.74 Å². The SMILES string of the molecule is CCOC(=O)C(C)(C)C(=O)CN(C)CCc1ccccc1. The standard InChI is InChI=1S/C17H25NO3/c1-5-21-16(20)17(2,3)15(19)13-18(4)12-11-14-9-7-6-8-10-14/h6-10H,5,11-13H2,1-4H3. The third kappa shape index (κ3) is 5.31. The van der Waals surface area contributed by atoms with Crippen molar-refractivity contribution in [2.45, 2.75) is 27.2 Å². The number of carbonyl (C=O) groups excluding carboxylic acids is 2. The molecule has 0 saturated carbocycles. The minimum Gasteiger partial charge on any atom is -0.465 e. The van der Waals surface area contributed by atoms with Crippen LogP contribution in [0.4, 0.5) is 0 Å². The van der Waals surface area contributed by atoms with Crippen molar-refractivity contribution < 1.29 is 14.3 Å². The average molecular weight is 291 g/mol. The quantitative estimate of drug-likeness (QED) is 0.545. The predicted octanol–water partition coefficient (Wildman–Crippen LogP) is 2.32. The summed E-state index contributed by atoms with van der Waals surface area (Å²) in [5, 5.41) is 0. The van der Waals surface area contributed by atoms with Crippen molar-refractivity contribution in [3.8, 4) is 0 Å². The van der Waals surface area contributed by atoms with E-state index in [1.165, 1.54) is 5.56 Å². The van der Waals surface area contributed by atoms with E-state index in [1.54, 1.807) is 20.8 Å². The van der Waals surface area contributed by atoms with E-state index in [-0.39, 0.29) is 12.3 Å². The second kappa shape index (κ2) is 7.93. The number of ether oxygens (including phenoxy) is 1. The number of hydrogen-bond donors (Lipinski definition) is 0. The van der Waals surface area contributed by atoms with Gasteiger partial charge in [0.05, 0.1) is 13.2 Å². The predicted molar refractivity (Wildman–Crippen MR) is 83.1 cm³/mol. The minimum atomic E-state index is -1.09. The molecule has 1 aromatic carbocycles. The summed E-state index contributed by atoms with van der Waals surface area (Å²) in [5.74, 6) is -0.567. The molecule has 0 N–H and O–H groups in total. The molecule has 0 saturated heterocycles. The molecule has 0 amide bonds. The number of likely N-dealkylation sites (N-methyl/N-ethyl adjacent to an activating group) is 1. The van der Waals surface area contributed by atoms with Crippen LogP contribution in [-0.2, 0) is 20.7 Å². The van der Waals surface area contributed by atoms with E-state index in [0.717, 1.165) is 13.0 Å². The number of nitrogens with zero attached hydrogens (tertiary/aromatic N) is 1. The Morgan fingerprint density at radius 2 is 1.81 bits per heavy atom. The zero-order valence-electron chi connectivity index (χ0n) is 13.4. The largest absolute Gasteiger partial charge is 0.465 e. The van der Waals surface area contributed by atoms with E-state index in [0.29, 0.717) is 6.61 Å². The molecule has 0 spiro atoms. The average Bonchev–Trinajstić information content (AvgIpc) is 2.46. The van der Waals surface area contributed by atoms with Gasteiger partial charge in [-0.25, -0.2) is 0 Å². The summed E-state index contributed by atoms with van der Waals surface area (Å²) in [4.78, 5) is 26.0. The zero-order valence-corrected chi connectivity index (χ0v) is 13.4. The Balaban J connectivity index is 2.48. The van der Waals surface area contributed by atoms with Crippen LogP contribution in [-0.4, -0.2) is 43.4 Å². The maximum absolute atomic E-state index is 12.3. The summed E-state index contributed by atoms with van der Waals surface area (Å²) >= 11 is 0. The fourth-order valence-corrected chi connectivity index (χ4v) is 1.91. The number of hydrogen-bond acceptors (Lipinski definition) is 4. The Labute approximate surface area is 127 Å². The van der Waals surface area contributed by atoms with Gasteiger partial charge in [-0.3, -0.25) is 14.5 Å². The molecule has 0 aliphatic heterocycles. The van der Waals surface area contributed by atoms with Gasteiger partial charge in [0, 0.05) is 6.54 Å². The van der Waals surface area contributed by atoms with Gasteiger partial charge in [0.15, 0.2) is 5.78 Å². The smallest absolute Gasteiger partial charge is 0.319 e. The molecule has 0 aliphatic carbocycles. The lowest BCUT2D eigenvalue weighted by Gasteiger charge is -2.24. The molecule has 4 nitrogen and oxygen atoms in total. The number of esters is 1. The van der Waals surface area contributed by atoms with Crippen LogP contribution in [0.1, 0.15) is 26.3 Å². The van der Waals surface area contributed by atoms with Gasteiger partial charge in [-0.15, -0.1) is 0 Å². The van der Waals surface area contributed by atoms with Crippen LogP contribution < -0.4 is 0 Å². The summed E-state index contributed by atoms with van der Waals surface area (Å²) in [7, 11) is 1.89. The monoisotopic (exact) mass is 291 g/mol. The molecule has 0 heterocycles. The molecular weight excluding hydrogens is 266 g/mol. The van der Waals surface area contributed by atoms with Crippen LogP contribution in [0.2, 0.25) is 0 Å². The molecule has 4 heteroatoms. The van der Waals surface area contributed by atoms with Gasteiger partial charge in [-0.05, 0) is 39.8 Å². The molecule has 0 aliphatic rings. The molecule has 0 unspecified atom stereocenters. The van der Waals surface area contributed by atoms with Gasteiger partial charge in [-0.1, -0.05) is 30.3 Å². The van der Waals surface area contributed by atoms with E-state index in [9.17, 15) is 9.59 Å². The maximum Gasteiger partial charge on any atom is 0.319 e. The first kappa shape index (κ1) is 17.4. The Hall–Kier alpha value is -1.68. The third-order valence-corrected chi connectivity index (χ3v) is 3.52. The molecule has 0 bridgehead atoms. The van der Waals surface area contributed by atoms with E-state index >= 15 is 0 Å². The van der Waals surface area contributed by atoms with E-state index in [2.05, 4.69) is 12.1 Å². The van der Waals surface area contributed by atoms with Crippen LogP contribution in [0, 0.1) is 5.41 Å². The maximum atomic E-state index is 12.3. The molecule has 1 aromatic rings. The summed E-state index contributed by atoms with van der Waals surface area (Å²) in [6.45, 7) is 6.30. The Morgan fingerprint density at radius 3 is 2.38 bits per heavy atom. The molecule has 0 aromatic heterocycles. The van der Waals surface area contributed by atoms with Crippen molar-refractivity contribution in [3.05, 3.63) is 35.9 Å². The lowest BCUT2D eigenvalue weighted by atomic mass is 9.88. The van der Waals surface area contributed by atoms with E-state index < -0.39 is 11.4 Å². The number of rotatable bonds is 8. The molecule has 0 atom stereocenters. The molecular formula is C17H25NO3. The summed E-state index contributed by atoms with van der Waals surface area (Å²) in [6.07, 6.45) is 0.879. The van der Waals surface area contributed by atoms with Crippen LogP contribution in [0.25, 0.3) is 0 Å². The van der Waals surface area contributed by atoms with E-state index in [1.807, 2.05) is 30.1 Å². The second-order valence-corrected chi connectivity index (χ2v) is 5.74. The third-order valence-electron chi connectivity index (χ3n) is 3.52.